The number of nitrogens with one attached hydrogen (secondary N) is 1. The van der Waals surface area contributed by atoms with Crippen LogP contribution in [0.2, 0.25) is 0 Å². The van der Waals surface area contributed by atoms with E-state index in [2.05, 4.69) is 10.3 Å². The largest absolute Gasteiger partial charge is 0.368 e. The van der Waals surface area contributed by atoms with Gasteiger partial charge in [0, 0.05) is 28.8 Å². The molecule has 1 atom stereocenters. The Morgan fingerprint density at radius 2 is 1.85 bits per heavy atom. The number of primary amides is 1. The van der Waals surface area contributed by atoms with E-state index in [0.29, 0.717) is 0 Å². The molecule has 0 aliphatic carbocycles. The van der Waals surface area contributed by atoms with Gasteiger partial charge in [0.15, 0.2) is 0 Å². The molecule has 5 nitrogen and oxygen atoms in total. The van der Waals surface area contributed by atoms with E-state index in [1.165, 1.54) is 24.3 Å². The lowest BCUT2D eigenvalue weighted by atomic mass is 10.1. The summed E-state index contributed by atoms with van der Waals surface area (Å²) in [5.74, 6) is -2.02. The fraction of sp³-hybridized carbons (Fsp3) is 0.0500. The number of hydrogen-bond donors (Lipinski definition) is 2. The van der Waals surface area contributed by atoms with Crippen molar-refractivity contribution in [2.45, 2.75) is 6.04 Å². The Balaban J connectivity index is 1.81. The number of para-hydroxylation sites is 1. The molecule has 0 spiro atoms. The number of benzene rings is 2. The smallest absolute Gasteiger partial charge is 0.244 e. The average Bonchev–Trinajstić information content (AvgIpc) is 2.65. The van der Waals surface area contributed by atoms with Gasteiger partial charge in [0.05, 0.1) is 5.52 Å². The normalized spacial score (nSPS) is 12.2. The third-order valence-corrected chi connectivity index (χ3v) is 3.87. The van der Waals surface area contributed by atoms with Gasteiger partial charge in [-0.15, -0.1) is 0 Å². The summed E-state index contributed by atoms with van der Waals surface area (Å²) < 4.78 is 13.9. The zero-order chi connectivity index (χ0) is 18.5. The molecule has 0 aliphatic heterocycles. The van der Waals surface area contributed by atoms with Crippen molar-refractivity contribution in [2.24, 2.45) is 5.73 Å². The molecule has 0 fully saturated rings. The number of pyridine rings is 1. The quantitative estimate of drug-likeness (QED) is 0.695. The van der Waals surface area contributed by atoms with Crippen molar-refractivity contribution >= 4 is 28.8 Å². The van der Waals surface area contributed by atoms with Gasteiger partial charge >= 0.3 is 0 Å². The summed E-state index contributed by atoms with van der Waals surface area (Å²) in [6.45, 7) is 0. The van der Waals surface area contributed by atoms with Crippen molar-refractivity contribution in [2.75, 3.05) is 0 Å². The van der Waals surface area contributed by atoms with Crippen LogP contribution in [0.4, 0.5) is 4.39 Å². The van der Waals surface area contributed by atoms with Crippen LogP contribution in [0.5, 0.6) is 0 Å². The second-order valence-electron chi connectivity index (χ2n) is 5.62. The minimum atomic E-state index is -1.25. The average molecular weight is 349 g/mol. The van der Waals surface area contributed by atoms with Gasteiger partial charge in [-0.1, -0.05) is 42.5 Å². The van der Waals surface area contributed by atoms with Crippen molar-refractivity contribution in [1.82, 2.24) is 10.3 Å². The summed E-state index contributed by atoms with van der Waals surface area (Å²) >= 11 is 0. The fourth-order valence-corrected chi connectivity index (χ4v) is 2.63. The maximum absolute atomic E-state index is 13.9. The van der Waals surface area contributed by atoms with Crippen molar-refractivity contribution in [3.05, 3.63) is 83.8 Å². The van der Waals surface area contributed by atoms with Gasteiger partial charge in [0.2, 0.25) is 11.8 Å². The Morgan fingerprint density at radius 3 is 2.62 bits per heavy atom. The molecule has 0 saturated heterocycles. The van der Waals surface area contributed by atoms with Gasteiger partial charge < -0.3 is 11.1 Å². The first-order valence-electron chi connectivity index (χ1n) is 7.92. The first-order valence-corrected chi connectivity index (χ1v) is 7.92. The summed E-state index contributed by atoms with van der Waals surface area (Å²) in [7, 11) is 0. The molecule has 0 aliphatic rings. The highest BCUT2D eigenvalue weighted by Gasteiger charge is 2.22. The summed E-state index contributed by atoms with van der Waals surface area (Å²) in [4.78, 5) is 28.1. The topological polar surface area (TPSA) is 85.1 Å². The van der Waals surface area contributed by atoms with Crippen molar-refractivity contribution in [3.63, 3.8) is 0 Å². The molecule has 3 N–H and O–H groups in total. The van der Waals surface area contributed by atoms with Crippen LogP contribution >= 0.6 is 0 Å². The highest BCUT2D eigenvalue weighted by Crippen LogP contribution is 2.18. The minimum absolute atomic E-state index is 0.0218. The SMILES string of the molecule is NC(=O)C(NC(=O)/C=C/c1cccc2cccnc12)c1ccccc1F. The molecule has 2 amide bonds. The maximum atomic E-state index is 13.9. The van der Waals surface area contributed by atoms with Gasteiger partial charge in [-0.25, -0.2) is 4.39 Å². The molecule has 130 valence electrons. The highest BCUT2D eigenvalue weighted by atomic mass is 19.1. The van der Waals surface area contributed by atoms with Crippen LogP contribution in [0.3, 0.4) is 0 Å². The van der Waals surface area contributed by atoms with Crippen molar-refractivity contribution in [3.8, 4) is 0 Å². The van der Waals surface area contributed by atoms with Gasteiger partial charge in [0.25, 0.3) is 0 Å². The van der Waals surface area contributed by atoms with E-state index in [9.17, 15) is 14.0 Å². The van der Waals surface area contributed by atoms with Crippen LogP contribution in [0.25, 0.3) is 17.0 Å². The van der Waals surface area contributed by atoms with E-state index in [1.807, 2.05) is 30.3 Å². The molecule has 3 aromatic rings. The fourth-order valence-electron chi connectivity index (χ4n) is 2.63. The number of aromatic nitrogens is 1. The Hall–Kier alpha value is -3.54. The Kier molecular flexibility index (Phi) is 5.03. The maximum Gasteiger partial charge on any atom is 0.244 e. The van der Waals surface area contributed by atoms with Crippen LogP contribution in [0, 0.1) is 5.82 Å². The number of fused-ring (bicyclic) bond motifs is 1. The molecule has 3 rings (SSSR count). The monoisotopic (exact) mass is 349 g/mol. The van der Waals surface area contributed by atoms with Crippen LogP contribution < -0.4 is 11.1 Å². The lowest BCUT2D eigenvalue weighted by Crippen LogP contribution is -2.37. The third kappa shape index (κ3) is 3.75. The van der Waals surface area contributed by atoms with E-state index >= 15 is 0 Å². The first kappa shape index (κ1) is 17.3. The van der Waals surface area contributed by atoms with E-state index in [1.54, 1.807) is 18.3 Å². The highest BCUT2D eigenvalue weighted by molar-refractivity contribution is 5.97. The Labute approximate surface area is 149 Å². The molecule has 1 unspecified atom stereocenters. The second-order valence-corrected chi connectivity index (χ2v) is 5.62. The van der Waals surface area contributed by atoms with Crippen molar-refractivity contribution < 1.29 is 14.0 Å². The zero-order valence-corrected chi connectivity index (χ0v) is 13.7. The third-order valence-electron chi connectivity index (χ3n) is 3.87. The molecule has 1 heterocycles. The summed E-state index contributed by atoms with van der Waals surface area (Å²) in [6, 6.07) is 13.8. The summed E-state index contributed by atoms with van der Waals surface area (Å²) in [5.41, 5.74) is 6.83. The lowest BCUT2D eigenvalue weighted by molar-refractivity contribution is -0.125. The zero-order valence-electron chi connectivity index (χ0n) is 13.7. The first-order chi connectivity index (χ1) is 12.6. The number of amides is 2. The molecule has 6 heteroatoms. The number of nitrogens with zero attached hydrogens (tertiary/aromatic N) is 1. The minimum Gasteiger partial charge on any atom is -0.368 e. The van der Waals surface area contributed by atoms with Crippen LogP contribution in [0.15, 0.2) is 66.9 Å². The summed E-state index contributed by atoms with van der Waals surface area (Å²) in [5, 5.41) is 3.37. The molecule has 1 aromatic heterocycles. The molecule has 0 bridgehead atoms. The molecular weight excluding hydrogens is 333 g/mol. The predicted octanol–water partition coefficient (Wildman–Crippen LogP) is 2.73. The number of carbonyl (C=O) groups is 2. The standard InChI is InChI=1S/C20H16FN3O2/c21-16-9-2-1-8-15(16)19(20(22)26)24-17(25)11-10-14-6-3-5-13-7-4-12-23-18(13)14/h1-12,19H,(H2,22,26)(H,24,25)/b11-10+. The molecular formula is C20H16FN3O2. The van der Waals surface area contributed by atoms with Gasteiger partial charge in [-0.05, 0) is 18.2 Å². The van der Waals surface area contributed by atoms with E-state index in [4.69, 9.17) is 5.73 Å². The van der Waals surface area contributed by atoms with Crippen LogP contribution in [-0.4, -0.2) is 16.8 Å². The van der Waals surface area contributed by atoms with Crippen LogP contribution in [0.1, 0.15) is 17.2 Å². The number of nitrogens with two attached hydrogens (primary N) is 1. The molecule has 26 heavy (non-hydrogen) atoms. The number of hydrogen-bond acceptors (Lipinski definition) is 3. The summed E-state index contributed by atoms with van der Waals surface area (Å²) in [6.07, 6.45) is 4.52. The second kappa shape index (κ2) is 7.57. The Bertz CT molecular complexity index is 996. The van der Waals surface area contributed by atoms with Crippen molar-refractivity contribution in [1.29, 1.82) is 0 Å². The van der Waals surface area contributed by atoms with Gasteiger partial charge in [-0.3, -0.25) is 14.6 Å². The van der Waals surface area contributed by atoms with E-state index < -0.39 is 23.7 Å². The van der Waals surface area contributed by atoms with Gasteiger partial charge in [-0.2, -0.15) is 0 Å². The number of rotatable bonds is 5. The predicted molar refractivity (Wildman–Crippen MR) is 97.3 cm³/mol. The number of carbonyl (C=O) groups excluding carboxylic acids is 2. The van der Waals surface area contributed by atoms with Crippen LogP contribution in [-0.2, 0) is 9.59 Å². The molecule has 0 saturated carbocycles. The van der Waals surface area contributed by atoms with E-state index in [0.717, 1.165) is 16.5 Å². The molecule has 2 aromatic carbocycles. The lowest BCUT2D eigenvalue weighted by Gasteiger charge is -2.15. The Morgan fingerprint density at radius 1 is 1.08 bits per heavy atom. The number of halogens is 1. The van der Waals surface area contributed by atoms with Gasteiger partial charge in [0.1, 0.15) is 11.9 Å². The van der Waals surface area contributed by atoms with E-state index in [-0.39, 0.29) is 5.56 Å². The molecule has 0 radical (unpaired) electrons.